The van der Waals surface area contributed by atoms with Gasteiger partial charge in [-0.1, -0.05) is 143 Å². The number of rotatable bonds is 5. The van der Waals surface area contributed by atoms with Gasteiger partial charge in [0.25, 0.3) is 0 Å². The Hall–Kier alpha value is -8.66. The Balaban J connectivity index is 1.46. The molecule has 0 unspecified atom stereocenters. The SMILES string of the molecule is CN(C)c1ccc(C#Cc2c3nc(c(-c4cc(C(C)(C)C)cc(C(C)(C)C)c4)c4ccc([nH]4)c(C#Cc4ccc(C(=O)O)c(C(=O)O)c4)c4ccc([nH]4)c(-c4cc(C(C)(C)C)cc(C(C)(C)C)c4)c4nc2C=C4)C=C3)cc1. The number of hydrogen-bond acceptors (Lipinski definition) is 5. The van der Waals surface area contributed by atoms with Gasteiger partial charge in [-0.3, -0.25) is 0 Å². The molecule has 4 N–H and O–H groups in total. The highest BCUT2D eigenvalue weighted by Gasteiger charge is 2.26. The maximum atomic E-state index is 12.3. The first-order chi connectivity index (χ1) is 36.1. The first-order valence-electron chi connectivity index (χ1n) is 26.0. The molecule has 3 aromatic heterocycles. The van der Waals surface area contributed by atoms with Crippen LogP contribution < -0.4 is 4.90 Å². The number of carboxylic acids is 2. The molecule has 2 aliphatic rings. The Labute approximate surface area is 452 Å². The summed E-state index contributed by atoms with van der Waals surface area (Å²) in [5, 5.41) is 19.9. The van der Waals surface area contributed by atoms with Crippen LogP contribution in [0.25, 0.3) is 68.6 Å². The zero-order valence-corrected chi connectivity index (χ0v) is 46.7. The van der Waals surface area contributed by atoms with Crippen molar-refractivity contribution in [1.82, 2.24) is 19.9 Å². The second-order valence-corrected chi connectivity index (χ2v) is 24.4. The number of anilines is 1. The maximum Gasteiger partial charge on any atom is 0.336 e. The van der Waals surface area contributed by atoms with Crippen molar-refractivity contribution in [2.75, 3.05) is 19.0 Å². The van der Waals surface area contributed by atoms with Gasteiger partial charge in [0, 0.05) is 53.1 Å². The number of nitrogens with zero attached hydrogens (tertiary/aromatic N) is 3. The van der Waals surface area contributed by atoms with Gasteiger partial charge in [0.2, 0.25) is 0 Å². The van der Waals surface area contributed by atoms with E-state index in [1.54, 1.807) is 0 Å². The van der Waals surface area contributed by atoms with Crippen LogP contribution in [-0.4, -0.2) is 56.2 Å². The second-order valence-electron chi connectivity index (χ2n) is 24.4. The van der Waals surface area contributed by atoms with Crippen molar-refractivity contribution in [3.05, 3.63) is 182 Å². The number of carboxylic acid groups (broad SMARTS) is 2. The Morgan fingerprint density at radius 2 is 0.805 bits per heavy atom. The molecule has 4 aromatic carbocycles. The van der Waals surface area contributed by atoms with Gasteiger partial charge in [0.15, 0.2) is 0 Å². The van der Waals surface area contributed by atoms with E-state index >= 15 is 0 Å². The molecule has 0 spiro atoms. The molecule has 0 fully saturated rings. The molecule has 9 nitrogen and oxygen atoms in total. The van der Waals surface area contributed by atoms with Crippen molar-refractivity contribution >= 4 is 64.0 Å². The topological polar surface area (TPSA) is 135 Å². The van der Waals surface area contributed by atoms with E-state index in [1.165, 1.54) is 40.5 Å². The van der Waals surface area contributed by atoms with Gasteiger partial charge in [0.1, 0.15) is 0 Å². The summed E-state index contributed by atoms with van der Waals surface area (Å²) in [5.74, 6) is 11.0. The lowest BCUT2D eigenvalue weighted by Crippen LogP contribution is -2.16. The van der Waals surface area contributed by atoms with E-state index in [0.717, 1.165) is 55.9 Å². The number of hydrogen-bond donors (Lipinski definition) is 4. The van der Waals surface area contributed by atoms with Gasteiger partial charge in [-0.25, -0.2) is 19.6 Å². The lowest BCUT2D eigenvalue weighted by Gasteiger charge is -2.26. The predicted molar refractivity (Wildman–Crippen MR) is 318 cm³/mol. The van der Waals surface area contributed by atoms with Gasteiger partial charge in [0.05, 0.1) is 56.1 Å². The molecule has 5 heterocycles. The molecule has 0 saturated heterocycles. The largest absolute Gasteiger partial charge is 0.478 e. The number of H-pyrrole nitrogens is 2. The van der Waals surface area contributed by atoms with Crippen LogP contribution in [0.2, 0.25) is 0 Å². The molecule has 0 aliphatic carbocycles. The molecule has 2 aliphatic heterocycles. The van der Waals surface area contributed by atoms with E-state index in [1.807, 2.05) is 50.5 Å². The van der Waals surface area contributed by atoms with Crippen molar-refractivity contribution in [1.29, 1.82) is 0 Å². The third-order valence-electron chi connectivity index (χ3n) is 14.2. The van der Waals surface area contributed by atoms with Crippen LogP contribution in [0.15, 0.2) is 103 Å². The van der Waals surface area contributed by atoms with Crippen LogP contribution in [0.1, 0.15) is 171 Å². The van der Waals surface area contributed by atoms with Crippen LogP contribution in [-0.2, 0) is 21.7 Å². The summed E-state index contributed by atoms with van der Waals surface area (Å²) in [5.41, 5.74) is 16.5. The minimum atomic E-state index is -1.35. The molecule has 7 aromatic rings. The van der Waals surface area contributed by atoms with Gasteiger partial charge in [-0.05, 0) is 146 Å². The van der Waals surface area contributed by atoms with Gasteiger partial charge in [-0.2, -0.15) is 0 Å². The second kappa shape index (κ2) is 19.8. The highest BCUT2D eigenvalue weighted by Crippen LogP contribution is 2.40. The third kappa shape index (κ3) is 11.2. The minimum Gasteiger partial charge on any atom is -0.478 e. The van der Waals surface area contributed by atoms with Crippen molar-refractivity contribution in [3.63, 3.8) is 0 Å². The number of benzene rings is 4. The van der Waals surface area contributed by atoms with Crippen molar-refractivity contribution in [2.24, 2.45) is 0 Å². The summed E-state index contributed by atoms with van der Waals surface area (Å²) in [7, 11) is 4.05. The van der Waals surface area contributed by atoms with E-state index in [-0.39, 0.29) is 32.8 Å². The summed E-state index contributed by atoms with van der Waals surface area (Å²) >= 11 is 0. The molecule has 0 radical (unpaired) electrons. The summed E-state index contributed by atoms with van der Waals surface area (Å²) < 4.78 is 0. The zero-order valence-electron chi connectivity index (χ0n) is 46.7. The summed E-state index contributed by atoms with van der Waals surface area (Å²) in [4.78, 5) is 45.0. The molecular weight excluding hydrogens is 951 g/mol. The molecule has 9 rings (SSSR count). The Kier molecular flexibility index (Phi) is 13.7. The number of aromatic amines is 2. The van der Waals surface area contributed by atoms with E-state index in [4.69, 9.17) is 9.97 Å². The van der Waals surface area contributed by atoms with E-state index < -0.39 is 11.9 Å². The fraction of sp³-hybridized carbons (Fsp3) is 0.265. The lowest BCUT2D eigenvalue weighted by molar-refractivity contribution is 0.0651. The van der Waals surface area contributed by atoms with Crippen LogP contribution in [0, 0.1) is 23.7 Å². The lowest BCUT2D eigenvalue weighted by atomic mass is 9.78. The predicted octanol–water partition coefficient (Wildman–Crippen LogP) is 15.4. The maximum absolute atomic E-state index is 12.3. The molecular formula is C68H67N5O4. The molecule has 9 heteroatoms. The fourth-order valence-electron chi connectivity index (χ4n) is 9.45. The number of nitrogens with one attached hydrogen (secondary N) is 2. The average Bonchev–Trinajstić information content (AvgIpc) is 4.24. The summed E-state index contributed by atoms with van der Waals surface area (Å²) in [6, 6.07) is 34.2. The Morgan fingerprint density at radius 3 is 1.21 bits per heavy atom. The summed E-state index contributed by atoms with van der Waals surface area (Å²) in [6.45, 7) is 26.8. The average molecular weight is 1020 g/mol. The minimum absolute atomic E-state index is 0.174. The first-order valence-corrected chi connectivity index (χ1v) is 26.0. The van der Waals surface area contributed by atoms with Crippen LogP contribution in [0.4, 0.5) is 5.69 Å². The quantitative estimate of drug-likeness (QED) is 0.126. The van der Waals surface area contributed by atoms with Gasteiger partial charge < -0.3 is 25.1 Å². The zero-order chi connectivity index (χ0) is 55.5. The molecule has 77 heavy (non-hydrogen) atoms. The highest BCUT2D eigenvalue weighted by molar-refractivity contribution is 6.02. The van der Waals surface area contributed by atoms with E-state index in [0.29, 0.717) is 39.1 Å². The van der Waals surface area contributed by atoms with Crippen LogP contribution in [0.3, 0.4) is 0 Å². The van der Waals surface area contributed by atoms with Gasteiger partial charge >= 0.3 is 11.9 Å². The number of fused-ring (bicyclic) bond motifs is 8. The normalized spacial score (nSPS) is 12.4. The summed E-state index contributed by atoms with van der Waals surface area (Å²) in [6.07, 6.45) is 8.20. The number of aromatic carboxylic acids is 2. The molecule has 0 saturated carbocycles. The van der Waals surface area contributed by atoms with Crippen LogP contribution in [0.5, 0.6) is 0 Å². The number of aromatic nitrogens is 4. The monoisotopic (exact) mass is 1020 g/mol. The van der Waals surface area contributed by atoms with E-state index in [2.05, 4.69) is 194 Å². The van der Waals surface area contributed by atoms with Crippen molar-refractivity contribution in [2.45, 2.75) is 105 Å². The highest BCUT2D eigenvalue weighted by atomic mass is 16.4. The Morgan fingerprint density at radius 1 is 0.429 bits per heavy atom. The Bertz CT molecular complexity index is 3700. The number of carbonyl (C=O) groups is 2. The third-order valence-corrected chi connectivity index (χ3v) is 14.2. The fourth-order valence-corrected chi connectivity index (χ4v) is 9.45. The van der Waals surface area contributed by atoms with E-state index in [9.17, 15) is 19.8 Å². The molecule has 0 amide bonds. The molecule has 388 valence electrons. The molecule has 8 bridgehead atoms. The first kappa shape index (κ1) is 53.2. The van der Waals surface area contributed by atoms with Crippen molar-refractivity contribution < 1.29 is 19.8 Å². The van der Waals surface area contributed by atoms with Crippen molar-refractivity contribution in [3.8, 4) is 45.9 Å². The molecule has 0 atom stereocenters. The smallest absolute Gasteiger partial charge is 0.336 e. The standard InChI is InChI=1S/C68H67N5O4/c1-65(2,3)44-34-42(35-45(38-44)66(4,5)6)61-57-29-25-53(69-57)50(23-17-40-15-20-48(21-16-40)73(13)14)54-26-30-58(70-54)62(43-36-46(67(7,8)9)39-47(37-43)68(10,11)12)60-32-28-56(72-60)51(55-27-31-59(61)71-55)24-19-41-18-22-49(63(74)75)52(33-41)64(76)77/h15-16,18,20-22,25-39,71-72H,1-14H3,(H,74,75)(H,76,77). The van der Waals surface area contributed by atoms with Crippen LogP contribution >= 0.6 is 0 Å². The van der Waals surface area contributed by atoms with Gasteiger partial charge in [-0.15, -0.1) is 0 Å².